The lowest BCUT2D eigenvalue weighted by molar-refractivity contribution is -0.112. The topological polar surface area (TPSA) is 99.4 Å². The molecule has 6 nitrogen and oxygen atoms in total. The van der Waals surface area contributed by atoms with Gasteiger partial charge in [0.25, 0.3) is 5.91 Å². The van der Waals surface area contributed by atoms with Crippen molar-refractivity contribution in [3.05, 3.63) is 50.4 Å². The summed E-state index contributed by atoms with van der Waals surface area (Å²) in [4.78, 5) is 27.1. The number of hydrogen-bond acceptors (Lipinski definition) is 6. The van der Waals surface area contributed by atoms with Crippen molar-refractivity contribution in [1.82, 2.24) is 0 Å². The van der Waals surface area contributed by atoms with Crippen molar-refractivity contribution < 1.29 is 19.4 Å². The lowest BCUT2D eigenvalue weighted by atomic mass is 9.78. The Balaban J connectivity index is 2.04. The summed E-state index contributed by atoms with van der Waals surface area (Å²) in [6.07, 6.45) is 5.20. The number of nitrogens with zero attached hydrogens (tertiary/aromatic N) is 1. The highest BCUT2D eigenvalue weighted by Gasteiger charge is 2.29. The number of phenols is 1. The quantitative estimate of drug-likeness (QED) is 0.268. The minimum Gasteiger partial charge on any atom is -0.507 e. The Labute approximate surface area is 218 Å². The van der Waals surface area contributed by atoms with Gasteiger partial charge in [0.1, 0.15) is 22.4 Å². The third kappa shape index (κ3) is 5.82. The van der Waals surface area contributed by atoms with Crippen LogP contribution in [0.1, 0.15) is 98.8 Å². The maximum atomic E-state index is 13.2. The first-order chi connectivity index (χ1) is 16.8. The van der Waals surface area contributed by atoms with Crippen LogP contribution in [-0.2, 0) is 33.2 Å². The Morgan fingerprint density at radius 3 is 2.22 bits per heavy atom. The smallest absolute Gasteiger partial charge is 0.341 e. The maximum absolute atomic E-state index is 13.2. The predicted octanol–water partition coefficient (Wildman–Crippen LogP) is 6.65. The summed E-state index contributed by atoms with van der Waals surface area (Å²) in [6, 6.07) is 5.66. The van der Waals surface area contributed by atoms with Crippen LogP contribution in [-0.4, -0.2) is 23.6 Å². The van der Waals surface area contributed by atoms with Gasteiger partial charge in [-0.3, -0.25) is 4.79 Å². The third-order valence-corrected chi connectivity index (χ3v) is 7.51. The Kier molecular flexibility index (Phi) is 8.00. The SMILES string of the molecule is CCOC(=O)c1c(NC(=O)/C(C#N)=C/c2cc(C(C)(C)C)c(O)c(C(C)(C)C)c2)sc2c1CCCC2. The van der Waals surface area contributed by atoms with E-state index in [2.05, 4.69) is 5.32 Å². The number of carbonyl (C=O) groups is 2. The van der Waals surface area contributed by atoms with E-state index in [-0.39, 0.29) is 28.8 Å². The van der Waals surface area contributed by atoms with Gasteiger partial charge >= 0.3 is 5.97 Å². The zero-order valence-corrected chi connectivity index (χ0v) is 23.1. The maximum Gasteiger partial charge on any atom is 0.341 e. The first kappa shape index (κ1) is 27.5. The molecule has 0 atom stereocenters. The van der Waals surface area contributed by atoms with Gasteiger partial charge in [-0.2, -0.15) is 5.26 Å². The van der Waals surface area contributed by atoms with Gasteiger partial charge in [0.05, 0.1) is 12.2 Å². The number of anilines is 1. The van der Waals surface area contributed by atoms with Gasteiger partial charge in [-0.15, -0.1) is 11.3 Å². The number of amides is 1. The molecule has 2 N–H and O–H groups in total. The second kappa shape index (κ2) is 10.5. The molecule has 1 amide bonds. The van der Waals surface area contributed by atoms with Crippen LogP contribution in [0.4, 0.5) is 5.00 Å². The van der Waals surface area contributed by atoms with Gasteiger partial charge < -0.3 is 15.2 Å². The number of aromatic hydroxyl groups is 1. The largest absolute Gasteiger partial charge is 0.507 e. The molecule has 7 heteroatoms. The average molecular weight is 509 g/mol. The van der Waals surface area contributed by atoms with Crippen molar-refractivity contribution in [3.63, 3.8) is 0 Å². The van der Waals surface area contributed by atoms with Crippen molar-refractivity contribution in [2.75, 3.05) is 11.9 Å². The van der Waals surface area contributed by atoms with E-state index >= 15 is 0 Å². The van der Waals surface area contributed by atoms with Crippen LogP contribution >= 0.6 is 11.3 Å². The average Bonchev–Trinajstić information content (AvgIpc) is 3.14. The number of fused-ring (bicyclic) bond motifs is 1. The van der Waals surface area contributed by atoms with Crippen molar-refractivity contribution in [2.45, 2.75) is 85.0 Å². The summed E-state index contributed by atoms with van der Waals surface area (Å²) >= 11 is 1.39. The molecule has 0 unspecified atom stereocenters. The number of hydrogen-bond donors (Lipinski definition) is 2. The normalized spacial score (nSPS) is 14.1. The standard InChI is InChI=1S/C29H36N2O4S/c1-8-35-27(34)23-19-11-9-10-12-22(19)36-26(23)31-25(33)18(16-30)13-17-14-20(28(2,3)4)24(32)21(15-17)29(5,6)7/h13-15,32H,8-12H2,1-7H3,(H,31,33)/b18-13+. The Morgan fingerprint density at radius 2 is 1.69 bits per heavy atom. The molecular formula is C29H36N2O4S. The van der Waals surface area contributed by atoms with Gasteiger partial charge in [0.15, 0.2) is 0 Å². The van der Waals surface area contributed by atoms with Gasteiger partial charge in [-0.25, -0.2) is 4.79 Å². The number of nitrogens with one attached hydrogen (secondary N) is 1. The predicted molar refractivity (Wildman–Crippen MR) is 145 cm³/mol. The van der Waals surface area contributed by atoms with E-state index in [1.54, 1.807) is 6.92 Å². The summed E-state index contributed by atoms with van der Waals surface area (Å²) in [5.74, 6) is -0.791. The lowest BCUT2D eigenvalue weighted by Crippen LogP contribution is -2.18. The molecule has 0 radical (unpaired) electrons. The summed E-state index contributed by atoms with van der Waals surface area (Å²) in [5, 5.41) is 24.1. The number of rotatable bonds is 5. The highest BCUT2D eigenvalue weighted by Crippen LogP contribution is 2.41. The van der Waals surface area contributed by atoms with Crippen molar-refractivity contribution >= 4 is 34.3 Å². The van der Waals surface area contributed by atoms with Crippen LogP contribution in [0.3, 0.4) is 0 Å². The fraction of sp³-hybridized carbons (Fsp3) is 0.483. The van der Waals surface area contributed by atoms with Crippen molar-refractivity contribution in [3.8, 4) is 11.8 Å². The molecule has 1 aromatic heterocycles. The number of phenolic OH excluding ortho intramolecular Hbond substituents is 1. The van der Waals surface area contributed by atoms with Gasteiger partial charge in [-0.05, 0) is 72.8 Å². The Hall–Kier alpha value is -3.11. The third-order valence-electron chi connectivity index (χ3n) is 6.30. The van der Waals surface area contributed by atoms with Gasteiger partial charge in [-0.1, -0.05) is 41.5 Å². The van der Waals surface area contributed by atoms with Crippen LogP contribution < -0.4 is 5.32 Å². The number of thiophene rings is 1. The fourth-order valence-corrected chi connectivity index (χ4v) is 5.71. The number of aryl methyl sites for hydroxylation is 1. The van der Waals surface area contributed by atoms with E-state index in [1.807, 2.05) is 59.7 Å². The van der Waals surface area contributed by atoms with E-state index < -0.39 is 11.9 Å². The molecule has 0 spiro atoms. The van der Waals surface area contributed by atoms with Crippen LogP contribution in [0, 0.1) is 11.3 Å². The van der Waals surface area contributed by atoms with Gasteiger partial charge in [0, 0.05) is 16.0 Å². The zero-order chi connectivity index (χ0) is 26.8. The molecule has 0 saturated carbocycles. The molecule has 0 saturated heterocycles. The number of esters is 1. The minimum atomic E-state index is -0.579. The molecule has 3 rings (SSSR count). The second-order valence-corrected chi connectivity index (χ2v) is 12.3. The molecular weight excluding hydrogens is 472 g/mol. The van der Waals surface area contributed by atoms with Gasteiger partial charge in [0.2, 0.25) is 0 Å². The second-order valence-electron chi connectivity index (χ2n) is 11.2. The molecule has 1 aliphatic carbocycles. The molecule has 192 valence electrons. The molecule has 36 heavy (non-hydrogen) atoms. The number of benzene rings is 1. The van der Waals surface area contributed by atoms with E-state index in [9.17, 15) is 20.0 Å². The summed E-state index contributed by atoms with van der Waals surface area (Å²) < 4.78 is 5.27. The number of nitriles is 1. The minimum absolute atomic E-state index is 0.0819. The fourth-order valence-electron chi connectivity index (χ4n) is 4.44. The van der Waals surface area contributed by atoms with E-state index in [0.717, 1.165) is 47.3 Å². The Bertz CT molecular complexity index is 1210. The molecule has 0 fully saturated rings. The molecule has 2 aromatic rings. The lowest BCUT2D eigenvalue weighted by Gasteiger charge is -2.28. The van der Waals surface area contributed by atoms with E-state index in [0.29, 0.717) is 16.1 Å². The van der Waals surface area contributed by atoms with Crippen LogP contribution in [0.15, 0.2) is 17.7 Å². The van der Waals surface area contributed by atoms with Crippen LogP contribution in [0.5, 0.6) is 5.75 Å². The Morgan fingerprint density at radius 1 is 1.11 bits per heavy atom. The van der Waals surface area contributed by atoms with E-state index in [1.165, 1.54) is 17.4 Å². The van der Waals surface area contributed by atoms with Crippen molar-refractivity contribution in [2.24, 2.45) is 0 Å². The van der Waals surface area contributed by atoms with E-state index in [4.69, 9.17) is 4.74 Å². The summed E-state index contributed by atoms with van der Waals surface area (Å²) in [5.41, 5.74) is 2.75. The van der Waals surface area contributed by atoms with Crippen LogP contribution in [0.2, 0.25) is 0 Å². The highest BCUT2D eigenvalue weighted by molar-refractivity contribution is 7.17. The summed E-state index contributed by atoms with van der Waals surface area (Å²) in [7, 11) is 0. The number of carbonyl (C=O) groups excluding carboxylic acids is 2. The van der Waals surface area contributed by atoms with Crippen LogP contribution in [0.25, 0.3) is 6.08 Å². The summed E-state index contributed by atoms with van der Waals surface area (Å²) in [6.45, 7) is 14.0. The molecule has 0 aliphatic heterocycles. The molecule has 0 bridgehead atoms. The number of ether oxygens (including phenoxy) is 1. The first-order valence-corrected chi connectivity index (χ1v) is 13.2. The molecule has 1 aromatic carbocycles. The monoisotopic (exact) mass is 508 g/mol. The molecule has 1 heterocycles. The highest BCUT2D eigenvalue weighted by atomic mass is 32.1. The first-order valence-electron chi connectivity index (χ1n) is 12.4. The zero-order valence-electron chi connectivity index (χ0n) is 22.3. The molecule has 1 aliphatic rings. The van der Waals surface area contributed by atoms with Crippen molar-refractivity contribution in [1.29, 1.82) is 5.26 Å².